The Hall–Kier alpha value is -0.620. The van der Waals surface area contributed by atoms with E-state index < -0.39 is 10.0 Å². The topological polar surface area (TPSA) is 57.6 Å². The summed E-state index contributed by atoms with van der Waals surface area (Å²) in [5.74, 6) is 0.359. The molecule has 3 atom stereocenters. The number of halogens is 1. The fraction of sp³-hybridized carbons (Fsp3) is 0.571. The summed E-state index contributed by atoms with van der Waals surface area (Å²) in [5, 5.41) is 10.2. The first-order valence-electron chi connectivity index (χ1n) is 6.84. The summed E-state index contributed by atoms with van der Waals surface area (Å²) >= 11 is 6.09. The summed E-state index contributed by atoms with van der Waals surface area (Å²) in [6.45, 7) is 2.77. The minimum Gasteiger partial charge on any atom is -0.393 e. The summed E-state index contributed by atoms with van der Waals surface area (Å²) in [5.41, 5.74) is 0.933. The molecule has 1 aliphatic heterocycles. The lowest BCUT2D eigenvalue weighted by Crippen LogP contribution is -2.31. The number of benzene rings is 1. The first-order valence-corrected chi connectivity index (χ1v) is 8.66. The first-order chi connectivity index (χ1) is 9.39. The maximum atomic E-state index is 12.7. The van der Waals surface area contributed by atoms with E-state index in [0.29, 0.717) is 13.1 Å². The lowest BCUT2D eigenvalue weighted by molar-refractivity contribution is 0.129. The van der Waals surface area contributed by atoms with Crippen LogP contribution in [0.1, 0.15) is 18.4 Å². The third-order valence-corrected chi connectivity index (χ3v) is 6.81. The molecular formula is C14H18ClNO3S. The molecular weight excluding hydrogens is 298 g/mol. The van der Waals surface area contributed by atoms with E-state index in [4.69, 9.17) is 11.6 Å². The zero-order chi connectivity index (χ0) is 14.5. The molecule has 110 valence electrons. The van der Waals surface area contributed by atoms with Crippen molar-refractivity contribution in [1.29, 1.82) is 0 Å². The number of aliphatic hydroxyl groups excluding tert-OH is 1. The van der Waals surface area contributed by atoms with E-state index in [1.54, 1.807) is 18.2 Å². The Morgan fingerprint density at radius 3 is 2.70 bits per heavy atom. The lowest BCUT2D eigenvalue weighted by Gasteiger charge is -2.19. The second-order valence-electron chi connectivity index (χ2n) is 5.82. The summed E-state index contributed by atoms with van der Waals surface area (Å²) in [4.78, 5) is 0.166. The van der Waals surface area contributed by atoms with Crippen LogP contribution in [-0.4, -0.2) is 37.0 Å². The van der Waals surface area contributed by atoms with E-state index in [0.717, 1.165) is 18.4 Å². The van der Waals surface area contributed by atoms with Gasteiger partial charge in [-0.15, -0.1) is 0 Å². The lowest BCUT2D eigenvalue weighted by atomic mass is 10.00. The van der Waals surface area contributed by atoms with Gasteiger partial charge in [-0.25, -0.2) is 8.42 Å². The van der Waals surface area contributed by atoms with Crippen molar-refractivity contribution in [3.8, 4) is 0 Å². The smallest absolute Gasteiger partial charge is 0.244 e. The van der Waals surface area contributed by atoms with E-state index in [-0.39, 0.29) is 27.9 Å². The Morgan fingerprint density at radius 1 is 1.30 bits per heavy atom. The van der Waals surface area contributed by atoms with Crippen molar-refractivity contribution < 1.29 is 13.5 Å². The van der Waals surface area contributed by atoms with Crippen LogP contribution in [0.4, 0.5) is 0 Å². The Morgan fingerprint density at radius 2 is 2.05 bits per heavy atom. The van der Waals surface area contributed by atoms with Crippen molar-refractivity contribution in [3.63, 3.8) is 0 Å². The molecule has 3 unspecified atom stereocenters. The number of hydrogen-bond donors (Lipinski definition) is 1. The molecule has 1 aromatic rings. The van der Waals surface area contributed by atoms with E-state index in [1.807, 2.05) is 6.92 Å². The molecule has 1 aromatic carbocycles. The van der Waals surface area contributed by atoms with Crippen LogP contribution < -0.4 is 0 Å². The number of nitrogens with zero attached hydrogens (tertiary/aromatic N) is 1. The van der Waals surface area contributed by atoms with E-state index >= 15 is 0 Å². The molecule has 2 aliphatic rings. The first kappa shape index (κ1) is 14.3. The molecule has 4 nitrogen and oxygen atoms in total. The molecule has 0 radical (unpaired) electrons. The molecule has 0 spiro atoms. The number of aryl methyl sites for hydroxylation is 1. The molecule has 3 rings (SSSR count). The van der Waals surface area contributed by atoms with Gasteiger partial charge in [0.25, 0.3) is 0 Å². The van der Waals surface area contributed by atoms with Gasteiger partial charge in [-0.05, 0) is 43.4 Å². The molecule has 1 heterocycles. The third kappa shape index (κ3) is 2.26. The predicted octanol–water partition coefficient (Wildman–Crippen LogP) is 2.04. The zero-order valence-electron chi connectivity index (χ0n) is 11.3. The van der Waals surface area contributed by atoms with Gasteiger partial charge in [0.05, 0.1) is 11.1 Å². The van der Waals surface area contributed by atoms with Crippen LogP contribution in [-0.2, 0) is 10.0 Å². The Bertz CT molecular complexity index is 631. The monoisotopic (exact) mass is 315 g/mol. The number of rotatable bonds is 2. The second-order valence-corrected chi connectivity index (χ2v) is 8.14. The molecule has 1 aliphatic carbocycles. The molecule has 1 N–H and O–H groups in total. The molecule has 1 saturated carbocycles. The van der Waals surface area contributed by atoms with Crippen LogP contribution in [0.15, 0.2) is 23.1 Å². The molecule has 0 aromatic heterocycles. The van der Waals surface area contributed by atoms with Crippen molar-refractivity contribution in [1.82, 2.24) is 4.31 Å². The summed E-state index contributed by atoms with van der Waals surface area (Å²) in [6, 6.07) is 4.99. The largest absolute Gasteiger partial charge is 0.393 e. The van der Waals surface area contributed by atoms with Crippen molar-refractivity contribution in [2.45, 2.75) is 30.8 Å². The Balaban J connectivity index is 1.90. The fourth-order valence-electron chi connectivity index (χ4n) is 3.35. The fourth-order valence-corrected chi connectivity index (χ4v) is 5.45. The predicted molar refractivity (Wildman–Crippen MR) is 77.2 cm³/mol. The van der Waals surface area contributed by atoms with E-state index in [2.05, 4.69) is 0 Å². The van der Waals surface area contributed by atoms with Gasteiger partial charge in [-0.2, -0.15) is 4.31 Å². The van der Waals surface area contributed by atoms with Gasteiger partial charge < -0.3 is 5.11 Å². The molecule has 6 heteroatoms. The van der Waals surface area contributed by atoms with Crippen LogP contribution in [0, 0.1) is 18.8 Å². The van der Waals surface area contributed by atoms with E-state index in [1.165, 1.54) is 4.31 Å². The van der Waals surface area contributed by atoms with Gasteiger partial charge in [0.2, 0.25) is 10.0 Å². The van der Waals surface area contributed by atoms with Gasteiger partial charge in [-0.3, -0.25) is 0 Å². The average molecular weight is 316 g/mol. The van der Waals surface area contributed by atoms with Gasteiger partial charge in [0.15, 0.2) is 0 Å². The molecule has 0 amide bonds. The highest BCUT2D eigenvalue weighted by atomic mass is 35.5. The van der Waals surface area contributed by atoms with Crippen LogP contribution in [0.5, 0.6) is 0 Å². The standard InChI is InChI=1S/C14H18ClNO3S/c1-9-2-5-14(12(15)6-9)20(18,19)16-7-10-3-4-13(17)11(10)8-16/h2,5-6,10-11,13,17H,3-4,7-8H2,1H3. The second kappa shape index (κ2) is 4.98. The maximum absolute atomic E-state index is 12.7. The molecule has 2 fully saturated rings. The van der Waals surface area contributed by atoms with Gasteiger partial charge >= 0.3 is 0 Å². The minimum atomic E-state index is -3.56. The maximum Gasteiger partial charge on any atom is 0.244 e. The van der Waals surface area contributed by atoms with Crippen molar-refractivity contribution >= 4 is 21.6 Å². The highest BCUT2D eigenvalue weighted by Gasteiger charge is 2.46. The molecule has 20 heavy (non-hydrogen) atoms. The normalized spacial score (nSPS) is 30.6. The number of aliphatic hydroxyl groups is 1. The zero-order valence-corrected chi connectivity index (χ0v) is 12.9. The van der Waals surface area contributed by atoms with Crippen molar-refractivity contribution in [2.75, 3.05) is 13.1 Å². The Kier molecular flexibility index (Phi) is 3.57. The Labute approximate surface area is 124 Å². The van der Waals surface area contributed by atoms with Gasteiger partial charge in [0, 0.05) is 19.0 Å². The van der Waals surface area contributed by atoms with Crippen LogP contribution in [0.2, 0.25) is 5.02 Å². The molecule has 0 bridgehead atoms. The summed E-state index contributed by atoms with van der Waals surface area (Å²) in [7, 11) is -3.56. The quantitative estimate of drug-likeness (QED) is 0.908. The summed E-state index contributed by atoms with van der Waals surface area (Å²) < 4.78 is 26.8. The summed E-state index contributed by atoms with van der Waals surface area (Å²) in [6.07, 6.45) is 1.32. The van der Waals surface area contributed by atoms with Gasteiger partial charge in [0.1, 0.15) is 4.90 Å². The minimum absolute atomic E-state index is 0.0778. The number of sulfonamides is 1. The number of hydrogen-bond acceptors (Lipinski definition) is 3. The van der Waals surface area contributed by atoms with Crippen LogP contribution in [0.3, 0.4) is 0 Å². The number of fused-ring (bicyclic) bond motifs is 1. The highest BCUT2D eigenvalue weighted by Crippen LogP contribution is 2.40. The van der Waals surface area contributed by atoms with E-state index in [9.17, 15) is 13.5 Å². The van der Waals surface area contributed by atoms with Gasteiger partial charge in [-0.1, -0.05) is 17.7 Å². The molecule has 1 saturated heterocycles. The average Bonchev–Trinajstić information content (AvgIpc) is 2.92. The van der Waals surface area contributed by atoms with Crippen molar-refractivity contribution in [2.24, 2.45) is 11.8 Å². The van der Waals surface area contributed by atoms with Crippen molar-refractivity contribution in [3.05, 3.63) is 28.8 Å². The van der Waals surface area contributed by atoms with Crippen LogP contribution in [0.25, 0.3) is 0 Å². The van der Waals surface area contributed by atoms with Crippen LogP contribution >= 0.6 is 11.6 Å². The third-order valence-electron chi connectivity index (χ3n) is 4.49. The SMILES string of the molecule is Cc1ccc(S(=O)(=O)N2CC3CCC(O)C3C2)c(Cl)c1. The highest BCUT2D eigenvalue weighted by molar-refractivity contribution is 7.89.